The Hall–Kier alpha value is -3.93. The van der Waals surface area contributed by atoms with Gasteiger partial charge in [-0.05, 0) is 109 Å². The Morgan fingerprint density at radius 2 is 0.513 bits per heavy atom. The van der Waals surface area contributed by atoms with Crippen molar-refractivity contribution in [2.45, 2.75) is 303 Å². The topological polar surface area (TPSA) is 78.9 Å². The zero-order valence-corrected chi connectivity index (χ0v) is 49.7. The smallest absolute Gasteiger partial charge is 0.306 e. The molecule has 0 bridgehead atoms. The highest BCUT2D eigenvalue weighted by Gasteiger charge is 2.19. The molecule has 0 saturated carbocycles. The van der Waals surface area contributed by atoms with Crippen LogP contribution in [0.25, 0.3) is 0 Å². The molecule has 1 unspecified atom stereocenters. The Balaban J connectivity index is 4.38. The molecule has 0 rings (SSSR count). The van der Waals surface area contributed by atoms with E-state index < -0.39 is 6.10 Å². The third-order valence-corrected chi connectivity index (χ3v) is 13.5. The van der Waals surface area contributed by atoms with Gasteiger partial charge >= 0.3 is 17.9 Å². The molecular weight excluding hydrogens is 937 g/mol. The second kappa shape index (κ2) is 63.6. The van der Waals surface area contributed by atoms with E-state index in [9.17, 15) is 14.4 Å². The molecule has 0 spiro atoms. The Morgan fingerprint density at radius 3 is 0.816 bits per heavy atom. The number of carbonyl (C=O) groups excluding carboxylic acids is 3. The number of ether oxygens (including phenoxy) is 3. The van der Waals surface area contributed by atoms with Crippen molar-refractivity contribution in [1.82, 2.24) is 0 Å². The van der Waals surface area contributed by atoms with Crippen LogP contribution in [0, 0.1) is 0 Å². The van der Waals surface area contributed by atoms with Crippen LogP contribution in [-0.2, 0) is 28.6 Å². The van der Waals surface area contributed by atoms with Gasteiger partial charge in [-0.3, -0.25) is 14.4 Å². The van der Waals surface area contributed by atoms with E-state index in [2.05, 4.69) is 130 Å². The predicted octanol–water partition coefficient (Wildman–Crippen LogP) is 21.8. The first-order valence-corrected chi connectivity index (χ1v) is 31.9. The first-order chi connectivity index (χ1) is 37.5. The van der Waals surface area contributed by atoms with Crippen LogP contribution in [-0.4, -0.2) is 37.2 Å². The molecule has 0 N–H and O–H groups in total. The summed E-state index contributed by atoms with van der Waals surface area (Å²) in [5, 5.41) is 0. The van der Waals surface area contributed by atoms with Crippen LogP contribution >= 0.6 is 0 Å². The molecule has 0 aromatic heterocycles. The van der Waals surface area contributed by atoms with Crippen molar-refractivity contribution < 1.29 is 28.6 Å². The maximum absolute atomic E-state index is 12.9. The molecule has 0 fully saturated rings. The minimum atomic E-state index is -0.792. The van der Waals surface area contributed by atoms with Crippen molar-refractivity contribution >= 4 is 17.9 Å². The lowest BCUT2D eigenvalue weighted by atomic mass is 10.0. The molecule has 0 heterocycles. The molecule has 0 aliphatic heterocycles. The van der Waals surface area contributed by atoms with Gasteiger partial charge in [-0.1, -0.05) is 278 Å². The molecule has 76 heavy (non-hydrogen) atoms. The molecule has 6 heteroatoms. The number of rotatable bonds is 57. The summed E-state index contributed by atoms with van der Waals surface area (Å²) >= 11 is 0. The van der Waals surface area contributed by atoms with E-state index >= 15 is 0 Å². The van der Waals surface area contributed by atoms with E-state index in [-0.39, 0.29) is 31.1 Å². The predicted molar refractivity (Wildman–Crippen MR) is 330 cm³/mol. The Labute approximate surface area is 470 Å². The lowest BCUT2D eigenvalue weighted by Crippen LogP contribution is -2.30. The Bertz CT molecular complexity index is 1540. The zero-order chi connectivity index (χ0) is 55.0. The molecule has 6 nitrogen and oxygen atoms in total. The van der Waals surface area contributed by atoms with Gasteiger partial charge in [-0.15, -0.1) is 0 Å². The monoisotopic (exact) mass is 1050 g/mol. The molecule has 434 valence electrons. The number of hydrogen-bond donors (Lipinski definition) is 0. The highest BCUT2D eigenvalue weighted by Crippen LogP contribution is 2.16. The number of unbranched alkanes of at least 4 members (excludes halogenated alkanes) is 28. The van der Waals surface area contributed by atoms with Crippen molar-refractivity contribution in [3.05, 3.63) is 109 Å². The molecule has 0 radical (unpaired) electrons. The molecule has 0 aliphatic rings. The first kappa shape index (κ1) is 72.1. The van der Waals surface area contributed by atoms with E-state index in [0.29, 0.717) is 19.3 Å². The summed E-state index contributed by atoms with van der Waals surface area (Å²) in [6.07, 6.45) is 86.5. The number of hydrogen-bond acceptors (Lipinski definition) is 6. The van der Waals surface area contributed by atoms with Gasteiger partial charge in [0.2, 0.25) is 0 Å². The Morgan fingerprint density at radius 1 is 0.276 bits per heavy atom. The summed E-state index contributed by atoms with van der Waals surface area (Å²) < 4.78 is 16.9. The van der Waals surface area contributed by atoms with E-state index in [1.165, 1.54) is 122 Å². The van der Waals surface area contributed by atoms with Gasteiger partial charge in [0.1, 0.15) is 13.2 Å². The van der Waals surface area contributed by atoms with Gasteiger partial charge in [-0.2, -0.15) is 0 Å². The third-order valence-electron chi connectivity index (χ3n) is 13.5. The van der Waals surface area contributed by atoms with Gasteiger partial charge < -0.3 is 14.2 Å². The minimum Gasteiger partial charge on any atom is -0.462 e. The summed E-state index contributed by atoms with van der Waals surface area (Å²) in [6.45, 7) is 6.51. The number of carbonyl (C=O) groups is 3. The molecule has 0 amide bonds. The fourth-order valence-corrected chi connectivity index (χ4v) is 8.75. The standard InChI is InChI=1S/C70H118O6/c1-4-7-10-13-16-19-22-25-27-29-31-32-33-34-35-36-37-38-39-41-42-45-48-51-54-57-60-63-69(72)75-66-67(65-74-68(71)62-59-56-53-50-47-44-24-21-18-15-12-9-6-3)76-70(73)64-61-58-55-52-49-46-43-40-30-28-26-23-20-17-14-11-8-5-2/h7,10,16,19-20,23,25,27-28,30-32,34-35,37-38,41-42,67H,4-6,8-9,11-15,17-18,21-22,24,26,29,33,36,39-40,43-66H2,1-3H3/b10-7-,19-16-,23-20-,27-25-,30-28-,32-31-,35-34-,38-37-,42-41-. The lowest BCUT2D eigenvalue weighted by molar-refractivity contribution is -0.167. The maximum atomic E-state index is 12.9. The van der Waals surface area contributed by atoms with Crippen molar-refractivity contribution in [2.75, 3.05) is 13.2 Å². The van der Waals surface area contributed by atoms with Gasteiger partial charge in [-0.25, -0.2) is 0 Å². The second-order valence-electron chi connectivity index (χ2n) is 20.9. The average molecular weight is 1060 g/mol. The van der Waals surface area contributed by atoms with Gasteiger partial charge in [0.05, 0.1) is 0 Å². The number of esters is 3. The summed E-state index contributed by atoms with van der Waals surface area (Å²) in [5.41, 5.74) is 0. The molecule has 1 atom stereocenters. The second-order valence-corrected chi connectivity index (χ2v) is 20.9. The third kappa shape index (κ3) is 60.9. The van der Waals surface area contributed by atoms with Gasteiger partial charge in [0, 0.05) is 19.3 Å². The maximum Gasteiger partial charge on any atom is 0.306 e. The number of allylic oxidation sites excluding steroid dienone is 18. The van der Waals surface area contributed by atoms with Crippen LogP contribution in [0.3, 0.4) is 0 Å². The molecule has 0 saturated heterocycles. The van der Waals surface area contributed by atoms with Crippen LogP contribution in [0.4, 0.5) is 0 Å². The van der Waals surface area contributed by atoms with Crippen LogP contribution in [0.15, 0.2) is 109 Å². The highest BCUT2D eigenvalue weighted by molar-refractivity contribution is 5.71. The molecule has 0 aliphatic carbocycles. The lowest BCUT2D eigenvalue weighted by Gasteiger charge is -2.18. The van der Waals surface area contributed by atoms with Crippen molar-refractivity contribution in [2.24, 2.45) is 0 Å². The van der Waals surface area contributed by atoms with E-state index in [1.807, 2.05) is 0 Å². The quantitative estimate of drug-likeness (QED) is 0.0261. The first-order valence-electron chi connectivity index (χ1n) is 31.9. The van der Waals surface area contributed by atoms with Crippen molar-refractivity contribution in [3.8, 4) is 0 Å². The molecule has 0 aromatic rings. The fourth-order valence-electron chi connectivity index (χ4n) is 8.75. The minimum absolute atomic E-state index is 0.0862. The normalized spacial score (nSPS) is 12.8. The van der Waals surface area contributed by atoms with Crippen LogP contribution in [0.2, 0.25) is 0 Å². The summed E-state index contributed by atoms with van der Waals surface area (Å²) in [6, 6.07) is 0. The Kier molecular flexibility index (Phi) is 60.3. The zero-order valence-electron chi connectivity index (χ0n) is 49.7. The van der Waals surface area contributed by atoms with Crippen LogP contribution < -0.4 is 0 Å². The highest BCUT2D eigenvalue weighted by atomic mass is 16.6. The van der Waals surface area contributed by atoms with Gasteiger partial charge in [0.25, 0.3) is 0 Å². The van der Waals surface area contributed by atoms with E-state index in [0.717, 1.165) is 135 Å². The van der Waals surface area contributed by atoms with Crippen molar-refractivity contribution in [1.29, 1.82) is 0 Å². The van der Waals surface area contributed by atoms with E-state index in [4.69, 9.17) is 14.2 Å². The fraction of sp³-hybridized carbons (Fsp3) is 0.700. The molecular formula is C70H118O6. The average Bonchev–Trinajstić information content (AvgIpc) is 3.42. The summed E-state index contributed by atoms with van der Waals surface area (Å²) in [5.74, 6) is -0.906. The van der Waals surface area contributed by atoms with Crippen LogP contribution in [0.1, 0.15) is 297 Å². The van der Waals surface area contributed by atoms with Gasteiger partial charge in [0.15, 0.2) is 6.10 Å². The largest absolute Gasteiger partial charge is 0.462 e. The summed E-state index contributed by atoms with van der Waals surface area (Å²) in [7, 11) is 0. The molecule has 0 aromatic carbocycles. The van der Waals surface area contributed by atoms with Crippen LogP contribution in [0.5, 0.6) is 0 Å². The van der Waals surface area contributed by atoms with E-state index in [1.54, 1.807) is 0 Å². The van der Waals surface area contributed by atoms with Crippen molar-refractivity contribution in [3.63, 3.8) is 0 Å². The SMILES string of the molecule is CC/C=C\C/C=C\C/C=C\C/C=C\C/C=C\C/C=C\C/C=C\CCCCCCCC(=O)OCC(COC(=O)CCCCCCCCCCCCCCC)OC(=O)CCCCCCCCC/C=C\C/C=C\CCCCCC. The summed E-state index contributed by atoms with van der Waals surface area (Å²) in [4.78, 5) is 38.3.